The molecule has 1 N–H and O–H groups in total. The van der Waals surface area contributed by atoms with Crippen LogP contribution in [0.5, 0.6) is 0 Å². The lowest BCUT2D eigenvalue weighted by molar-refractivity contribution is 0.299. The molecule has 138 valence electrons. The summed E-state index contributed by atoms with van der Waals surface area (Å²) in [6, 6.07) is 10.8. The van der Waals surface area contributed by atoms with Gasteiger partial charge in [-0.05, 0) is 42.3 Å². The second kappa shape index (κ2) is 7.20. The smallest absolute Gasteiger partial charge is 0.251 e. The number of H-pyrrole nitrogens is 1. The van der Waals surface area contributed by atoms with Crippen LogP contribution in [0.15, 0.2) is 46.5 Å². The molecule has 2 unspecified atom stereocenters. The van der Waals surface area contributed by atoms with E-state index >= 15 is 0 Å². The standard InChI is InChI=1S/C21H27N3OS/c1-15(2)16-4-6-17(7-5-16)21-12-18(21)13-24(14-21)10-3-11-26-20-22-9-8-19(25)23-20/h4-9,15,18H,3,10-14H2,1-2H3,(H,22,23,25). The van der Waals surface area contributed by atoms with Crippen molar-refractivity contribution in [2.45, 2.75) is 43.2 Å². The van der Waals surface area contributed by atoms with E-state index in [1.165, 1.54) is 36.7 Å². The molecule has 2 aromatic rings. The number of nitrogens with one attached hydrogen (secondary N) is 1. The molecule has 2 heterocycles. The van der Waals surface area contributed by atoms with E-state index < -0.39 is 0 Å². The second-order valence-corrected chi connectivity index (χ2v) is 9.09. The van der Waals surface area contributed by atoms with Gasteiger partial charge in [0, 0.05) is 36.5 Å². The number of nitrogens with zero attached hydrogens (tertiary/aromatic N) is 2. The van der Waals surface area contributed by atoms with Gasteiger partial charge in [-0.2, -0.15) is 0 Å². The van der Waals surface area contributed by atoms with E-state index in [1.54, 1.807) is 18.0 Å². The first-order chi connectivity index (χ1) is 12.6. The van der Waals surface area contributed by atoms with Crippen molar-refractivity contribution in [3.05, 3.63) is 58.0 Å². The summed E-state index contributed by atoms with van der Waals surface area (Å²) in [5.74, 6) is 2.43. The predicted octanol–water partition coefficient (Wildman–Crippen LogP) is 3.65. The minimum atomic E-state index is -0.0763. The average molecular weight is 370 g/mol. The van der Waals surface area contributed by atoms with Crippen LogP contribution < -0.4 is 5.56 Å². The second-order valence-electron chi connectivity index (χ2n) is 8.01. The van der Waals surface area contributed by atoms with Crippen molar-refractivity contribution in [3.8, 4) is 0 Å². The average Bonchev–Trinajstić information content (AvgIpc) is 3.21. The molecule has 1 aromatic carbocycles. The van der Waals surface area contributed by atoms with Crippen molar-refractivity contribution in [2.75, 3.05) is 25.4 Å². The molecule has 5 heteroatoms. The van der Waals surface area contributed by atoms with Crippen molar-refractivity contribution in [1.82, 2.24) is 14.9 Å². The molecule has 0 amide bonds. The van der Waals surface area contributed by atoms with Crippen LogP contribution in [0.25, 0.3) is 0 Å². The maximum absolute atomic E-state index is 11.3. The van der Waals surface area contributed by atoms with Crippen molar-refractivity contribution < 1.29 is 0 Å². The molecule has 1 aliphatic heterocycles. The molecule has 2 atom stereocenters. The number of rotatable bonds is 7. The van der Waals surface area contributed by atoms with E-state index in [-0.39, 0.29) is 5.56 Å². The molecular formula is C21H27N3OS. The van der Waals surface area contributed by atoms with Gasteiger partial charge in [0.2, 0.25) is 0 Å². The molecule has 0 bridgehead atoms. The Balaban J connectivity index is 1.27. The first-order valence-electron chi connectivity index (χ1n) is 9.58. The lowest BCUT2D eigenvalue weighted by Gasteiger charge is -2.21. The van der Waals surface area contributed by atoms with E-state index in [0.29, 0.717) is 11.3 Å². The maximum Gasteiger partial charge on any atom is 0.251 e. The monoisotopic (exact) mass is 369 g/mol. The summed E-state index contributed by atoms with van der Waals surface area (Å²) in [4.78, 5) is 20.9. The van der Waals surface area contributed by atoms with Gasteiger partial charge in [-0.3, -0.25) is 4.79 Å². The number of hydrogen-bond donors (Lipinski definition) is 1. The number of aromatic nitrogens is 2. The highest BCUT2D eigenvalue weighted by Gasteiger charge is 2.60. The fraction of sp³-hybridized carbons (Fsp3) is 0.524. The fourth-order valence-corrected chi connectivity index (χ4v) is 5.06. The highest BCUT2D eigenvalue weighted by atomic mass is 32.2. The lowest BCUT2D eigenvalue weighted by atomic mass is 9.92. The third-order valence-electron chi connectivity index (χ3n) is 5.87. The van der Waals surface area contributed by atoms with E-state index in [0.717, 1.165) is 29.8 Å². The highest BCUT2D eigenvalue weighted by Crippen LogP contribution is 2.59. The molecule has 4 rings (SSSR count). The van der Waals surface area contributed by atoms with Gasteiger partial charge in [-0.25, -0.2) is 4.98 Å². The largest absolute Gasteiger partial charge is 0.302 e. The molecule has 0 radical (unpaired) electrons. The van der Waals surface area contributed by atoms with Gasteiger partial charge in [0.1, 0.15) is 0 Å². The SMILES string of the molecule is CC(C)c1ccc(C23CC2CN(CCCSc2nccc(=O)[nH]2)C3)cc1. The molecule has 0 spiro atoms. The molecule has 1 aromatic heterocycles. The van der Waals surface area contributed by atoms with E-state index in [2.05, 4.69) is 53.0 Å². The van der Waals surface area contributed by atoms with E-state index in [4.69, 9.17) is 0 Å². The van der Waals surface area contributed by atoms with Gasteiger partial charge in [0.25, 0.3) is 5.56 Å². The van der Waals surface area contributed by atoms with Crippen molar-refractivity contribution in [3.63, 3.8) is 0 Å². The summed E-state index contributed by atoms with van der Waals surface area (Å²) >= 11 is 1.64. The van der Waals surface area contributed by atoms with Gasteiger partial charge in [-0.1, -0.05) is 49.9 Å². The summed E-state index contributed by atoms with van der Waals surface area (Å²) in [6.07, 6.45) is 4.05. The number of likely N-dealkylation sites (tertiary alicyclic amines) is 1. The van der Waals surface area contributed by atoms with Crippen LogP contribution in [-0.4, -0.2) is 40.3 Å². The Morgan fingerprint density at radius 2 is 2.12 bits per heavy atom. The van der Waals surface area contributed by atoms with E-state index in [9.17, 15) is 4.79 Å². The van der Waals surface area contributed by atoms with Crippen LogP contribution >= 0.6 is 11.8 Å². The Morgan fingerprint density at radius 3 is 2.85 bits per heavy atom. The molecule has 2 fully saturated rings. The summed E-state index contributed by atoms with van der Waals surface area (Å²) in [7, 11) is 0. The summed E-state index contributed by atoms with van der Waals surface area (Å²) in [6.45, 7) is 8.07. The first kappa shape index (κ1) is 17.8. The number of thioether (sulfide) groups is 1. The molecule has 1 saturated carbocycles. The van der Waals surface area contributed by atoms with Crippen molar-refractivity contribution in [2.24, 2.45) is 5.92 Å². The summed E-state index contributed by atoms with van der Waals surface area (Å²) in [5, 5.41) is 0.725. The van der Waals surface area contributed by atoms with Gasteiger partial charge in [0.05, 0.1) is 0 Å². The van der Waals surface area contributed by atoms with Crippen molar-refractivity contribution >= 4 is 11.8 Å². The normalized spacial score (nSPS) is 24.8. The zero-order chi connectivity index (χ0) is 18.1. The van der Waals surface area contributed by atoms with Crippen molar-refractivity contribution in [1.29, 1.82) is 0 Å². The first-order valence-corrected chi connectivity index (χ1v) is 10.6. The van der Waals surface area contributed by atoms with E-state index in [1.807, 2.05) is 0 Å². The number of aromatic amines is 1. The van der Waals surface area contributed by atoms with Crippen LogP contribution in [0.4, 0.5) is 0 Å². The topological polar surface area (TPSA) is 49.0 Å². The van der Waals surface area contributed by atoms with Gasteiger partial charge >= 0.3 is 0 Å². The molecule has 2 aliphatic rings. The molecule has 1 saturated heterocycles. The zero-order valence-electron chi connectivity index (χ0n) is 15.6. The quantitative estimate of drug-likeness (QED) is 0.460. The van der Waals surface area contributed by atoms with Crippen LogP contribution in [0.3, 0.4) is 0 Å². The minimum Gasteiger partial charge on any atom is -0.302 e. The predicted molar refractivity (Wildman–Crippen MR) is 107 cm³/mol. The number of benzene rings is 1. The summed E-state index contributed by atoms with van der Waals surface area (Å²) < 4.78 is 0. The number of hydrogen-bond acceptors (Lipinski definition) is 4. The lowest BCUT2D eigenvalue weighted by Crippen LogP contribution is -2.27. The van der Waals surface area contributed by atoms with Crippen LogP contribution in [0.2, 0.25) is 0 Å². The molecule has 4 nitrogen and oxygen atoms in total. The molecular weight excluding hydrogens is 342 g/mol. The number of piperidine rings is 1. The Hall–Kier alpha value is -1.59. The van der Waals surface area contributed by atoms with Crippen LogP contribution in [0.1, 0.15) is 43.7 Å². The Labute approximate surface area is 159 Å². The Morgan fingerprint density at radius 1 is 1.31 bits per heavy atom. The fourth-order valence-electron chi connectivity index (χ4n) is 4.29. The maximum atomic E-state index is 11.3. The van der Waals surface area contributed by atoms with Crippen LogP contribution in [0, 0.1) is 5.92 Å². The van der Waals surface area contributed by atoms with Gasteiger partial charge in [0.15, 0.2) is 5.16 Å². The minimum absolute atomic E-state index is 0.0763. The number of fused-ring (bicyclic) bond motifs is 1. The Bertz CT molecular complexity index is 817. The summed E-state index contributed by atoms with van der Waals surface area (Å²) in [5.41, 5.74) is 3.32. The molecule has 1 aliphatic carbocycles. The zero-order valence-corrected chi connectivity index (χ0v) is 16.4. The van der Waals surface area contributed by atoms with Gasteiger partial charge in [-0.15, -0.1) is 0 Å². The molecule has 26 heavy (non-hydrogen) atoms. The van der Waals surface area contributed by atoms with Gasteiger partial charge < -0.3 is 9.88 Å². The third kappa shape index (κ3) is 3.60. The third-order valence-corrected chi connectivity index (χ3v) is 6.85. The Kier molecular flexibility index (Phi) is 4.93. The van der Waals surface area contributed by atoms with Crippen LogP contribution in [-0.2, 0) is 5.41 Å². The highest BCUT2D eigenvalue weighted by molar-refractivity contribution is 7.99.